The molecule has 0 spiro atoms. The minimum absolute atomic E-state index is 0.993. The highest BCUT2D eigenvalue weighted by molar-refractivity contribution is 6.76. The first kappa shape index (κ1) is 13.8. The minimum Gasteiger partial charge on any atom is -0.310 e. The molecule has 0 heterocycles. The molecule has 0 radical (unpaired) electrons. The van der Waals surface area contributed by atoms with Gasteiger partial charge in [0, 0.05) is 0 Å². The molecular formula is C10H25N3Si. The van der Waals surface area contributed by atoms with Crippen LogP contribution in [0.15, 0.2) is 12.3 Å². The normalized spacial score (nSPS) is 15.9. The van der Waals surface area contributed by atoms with E-state index in [9.17, 15) is 0 Å². The second-order valence-corrected chi connectivity index (χ2v) is 7.27. The monoisotopic (exact) mass is 215 g/mol. The molecule has 0 aromatic heterocycles. The average molecular weight is 215 g/mol. The van der Waals surface area contributed by atoms with Gasteiger partial charge >= 0.3 is 8.56 Å². The maximum atomic E-state index is 4.01. The van der Waals surface area contributed by atoms with Crippen LogP contribution in [0.4, 0.5) is 0 Å². The van der Waals surface area contributed by atoms with E-state index in [0.29, 0.717) is 0 Å². The lowest BCUT2D eigenvalue weighted by Crippen LogP contribution is -2.71. The van der Waals surface area contributed by atoms with Gasteiger partial charge in [0.25, 0.3) is 0 Å². The molecule has 0 saturated heterocycles. The van der Waals surface area contributed by atoms with E-state index >= 15 is 0 Å². The minimum atomic E-state index is -1.80. The summed E-state index contributed by atoms with van der Waals surface area (Å²) in [7, 11) is 2.47. The molecule has 0 aromatic rings. The first-order valence-corrected chi connectivity index (χ1v) is 7.37. The molecule has 14 heavy (non-hydrogen) atoms. The Labute approximate surface area is 90.0 Å². The van der Waals surface area contributed by atoms with Crippen LogP contribution in [0.2, 0.25) is 0 Å². The maximum absolute atomic E-state index is 4.01. The Morgan fingerprint density at radius 1 is 1.21 bits per heavy atom. The summed E-state index contributed by atoms with van der Waals surface area (Å²) in [6.07, 6.45) is 0. The Balaban J connectivity index is 4.89. The molecule has 3 nitrogen and oxygen atoms in total. The second kappa shape index (κ2) is 6.34. The Morgan fingerprint density at radius 2 is 1.71 bits per heavy atom. The van der Waals surface area contributed by atoms with Crippen molar-refractivity contribution in [2.75, 3.05) is 33.7 Å². The predicted octanol–water partition coefficient (Wildman–Crippen LogP) is 1.16. The molecule has 0 bridgehead atoms. The third kappa shape index (κ3) is 2.67. The van der Waals surface area contributed by atoms with Gasteiger partial charge < -0.3 is 9.55 Å². The summed E-state index contributed by atoms with van der Waals surface area (Å²) in [6.45, 7) is 13.7. The van der Waals surface area contributed by atoms with Gasteiger partial charge in [-0.3, -0.25) is 4.57 Å². The van der Waals surface area contributed by atoms with Crippen LogP contribution in [0.5, 0.6) is 0 Å². The highest BCUT2D eigenvalue weighted by atomic mass is 28.4. The van der Waals surface area contributed by atoms with E-state index in [2.05, 4.69) is 61.3 Å². The fourth-order valence-corrected chi connectivity index (χ4v) is 5.26. The van der Waals surface area contributed by atoms with Gasteiger partial charge in [0.05, 0.1) is 0 Å². The van der Waals surface area contributed by atoms with Gasteiger partial charge in [0.15, 0.2) is 0 Å². The molecule has 84 valence electrons. The third-order valence-corrected chi connectivity index (χ3v) is 7.05. The van der Waals surface area contributed by atoms with Crippen LogP contribution in [0.25, 0.3) is 0 Å². The SMILES string of the molecule is C=C[Si](NCC)(N(C)C)N(CC)CC. The molecule has 0 amide bonds. The van der Waals surface area contributed by atoms with Crippen molar-refractivity contribution in [3.05, 3.63) is 12.3 Å². The molecular weight excluding hydrogens is 190 g/mol. The zero-order valence-corrected chi connectivity index (χ0v) is 11.3. The molecule has 0 fully saturated rings. The molecule has 0 aliphatic carbocycles. The highest BCUT2D eigenvalue weighted by Gasteiger charge is 2.38. The van der Waals surface area contributed by atoms with Crippen molar-refractivity contribution < 1.29 is 0 Å². The molecule has 0 aromatic carbocycles. The lowest BCUT2D eigenvalue weighted by molar-refractivity contribution is 0.392. The fraction of sp³-hybridized carbons (Fsp3) is 0.800. The first-order valence-electron chi connectivity index (χ1n) is 5.40. The van der Waals surface area contributed by atoms with Crippen LogP contribution in [-0.2, 0) is 0 Å². The molecule has 0 saturated carbocycles. The van der Waals surface area contributed by atoms with Gasteiger partial charge in [-0.15, -0.1) is 6.58 Å². The average Bonchev–Trinajstić information content (AvgIpc) is 2.17. The number of nitrogens with one attached hydrogen (secondary N) is 1. The molecule has 4 heteroatoms. The van der Waals surface area contributed by atoms with Gasteiger partial charge in [0.1, 0.15) is 0 Å². The zero-order chi connectivity index (χ0) is 11.2. The third-order valence-electron chi connectivity index (χ3n) is 2.65. The van der Waals surface area contributed by atoms with Crippen molar-refractivity contribution in [2.24, 2.45) is 0 Å². The number of rotatable bonds is 7. The largest absolute Gasteiger partial charge is 0.312 e. The Kier molecular flexibility index (Phi) is 6.27. The topological polar surface area (TPSA) is 18.5 Å². The van der Waals surface area contributed by atoms with E-state index in [1.54, 1.807) is 0 Å². The van der Waals surface area contributed by atoms with Crippen molar-refractivity contribution in [1.82, 2.24) is 14.1 Å². The van der Waals surface area contributed by atoms with Gasteiger partial charge in [-0.25, -0.2) is 0 Å². The summed E-state index contributed by atoms with van der Waals surface area (Å²) < 4.78 is 4.79. The Hall–Kier alpha value is -0.163. The van der Waals surface area contributed by atoms with Crippen LogP contribution in [0, 0.1) is 0 Å². The van der Waals surface area contributed by atoms with Crippen molar-refractivity contribution >= 4 is 8.56 Å². The summed E-state index contributed by atoms with van der Waals surface area (Å²) in [5, 5.41) is 0. The zero-order valence-electron chi connectivity index (χ0n) is 10.3. The summed E-state index contributed by atoms with van der Waals surface area (Å²) in [5.74, 6) is 0. The van der Waals surface area contributed by atoms with E-state index in [-0.39, 0.29) is 0 Å². The first-order chi connectivity index (χ1) is 6.58. The fourth-order valence-electron chi connectivity index (χ4n) is 1.90. The Morgan fingerprint density at radius 3 is 1.93 bits per heavy atom. The summed E-state index contributed by atoms with van der Waals surface area (Å²) in [6, 6.07) is 0. The standard InChI is InChI=1S/C10H25N3Si/c1-7-11-14(10-4,12(5)6)13(8-2)9-3/h10-11H,4,7-9H2,1-3,5-6H3. The van der Waals surface area contributed by atoms with Crippen molar-refractivity contribution in [1.29, 1.82) is 0 Å². The molecule has 1 atom stereocenters. The van der Waals surface area contributed by atoms with E-state index in [4.69, 9.17) is 0 Å². The molecule has 0 rings (SSSR count). The van der Waals surface area contributed by atoms with Crippen LogP contribution in [0.1, 0.15) is 20.8 Å². The van der Waals surface area contributed by atoms with Crippen LogP contribution in [0.3, 0.4) is 0 Å². The highest BCUT2D eigenvalue weighted by Crippen LogP contribution is 2.10. The quantitative estimate of drug-likeness (QED) is 0.643. The number of nitrogens with zero attached hydrogens (tertiary/aromatic N) is 2. The molecule has 0 aliphatic heterocycles. The van der Waals surface area contributed by atoms with E-state index < -0.39 is 8.56 Å². The van der Waals surface area contributed by atoms with E-state index in [0.717, 1.165) is 19.6 Å². The lowest BCUT2D eigenvalue weighted by atomic mass is 10.7. The predicted molar refractivity (Wildman–Crippen MR) is 66.2 cm³/mol. The van der Waals surface area contributed by atoms with Crippen LogP contribution >= 0.6 is 0 Å². The summed E-state index contributed by atoms with van der Waals surface area (Å²) in [5.41, 5.74) is 2.11. The van der Waals surface area contributed by atoms with Crippen LogP contribution in [-0.4, -0.2) is 51.4 Å². The maximum Gasteiger partial charge on any atom is 0.312 e. The molecule has 0 aliphatic rings. The molecule has 1 N–H and O–H groups in total. The van der Waals surface area contributed by atoms with Crippen molar-refractivity contribution in [3.8, 4) is 0 Å². The van der Waals surface area contributed by atoms with Crippen molar-refractivity contribution in [2.45, 2.75) is 20.8 Å². The second-order valence-electron chi connectivity index (χ2n) is 3.53. The number of hydrogen-bond donors (Lipinski definition) is 1. The number of hydrogen-bond acceptors (Lipinski definition) is 3. The summed E-state index contributed by atoms with van der Waals surface area (Å²) in [4.78, 5) is 3.62. The van der Waals surface area contributed by atoms with Crippen molar-refractivity contribution in [3.63, 3.8) is 0 Å². The van der Waals surface area contributed by atoms with Gasteiger partial charge in [-0.05, 0) is 33.7 Å². The van der Waals surface area contributed by atoms with Crippen LogP contribution < -0.4 is 4.98 Å². The van der Waals surface area contributed by atoms with E-state index in [1.807, 2.05) is 0 Å². The lowest BCUT2D eigenvalue weighted by Gasteiger charge is -2.43. The molecule has 1 unspecified atom stereocenters. The Bertz CT molecular complexity index is 169. The summed E-state index contributed by atoms with van der Waals surface area (Å²) >= 11 is 0. The van der Waals surface area contributed by atoms with Gasteiger partial charge in [0.2, 0.25) is 0 Å². The van der Waals surface area contributed by atoms with E-state index in [1.165, 1.54) is 0 Å². The van der Waals surface area contributed by atoms with Gasteiger partial charge in [-0.2, -0.15) is 0 Å². The smallest absolute Gasteiger partial charge is 0.310 e. The van der Waals surface area contributed by atoms with Gasteiger partial charge in [-0.1, -0.05) is 26.5 Å².